The van der Waals surface area contributed by atoms with Gasteiger partial charge in [-0.25, -0.2) is 0 Å². The molecule has 0 aliphatic carbocycles. The van der Waals surface area contributed by atoms with Crippen molar-refractivity contribution in [1.82, 2.24) is 9.80 Å². The molecule has 2 heteroatoms. The Morgan fingerprint density at radius 2 is 1.28 bits per heavy atom. The molecule has 0 spiro atoms. The van der Waals surface area contributed by atoms with E-state index in [-0.39, 0.29) is 11.1 Å². The third kappa shape index (κ3) is 1.08. The van der Waals surface area contributed by atoms with E-state index in [0.29, 0.717) is 0 Å². The van der Waals surface area contributed by atoms with E-state index >= 15 is 0 Å². The predicted molar refractivity (Wildman–Crippen MR) is 74.5 cm³/mol. The van der Waals surface area contributed by atoms with Crippen molar-refractivity contribution in [1.29, 1.82) is 0 Å². The third-order valence-corrected chi connectivity index (χ3v) is 6.42. The Labute approximate surface area is 110 Å². The maximum Gasteiger partial charge on any atom is 0.0613 e. The van der Waals surface area contributed by atoms with Gasteiger partial charge in [0.2, 0.25) is 0 Å². The predicted octanol–water partition coefficient (Wildman–Crippen LogP) is 2.57. The van der Waals surface area contributed by atoms with E-state index in [4.69, 9.17) is 0 Å². The lowest BCUT2D eigenvalue weighted by Crippen LogP contribution is -2.66. The molecule has 0 saturated carbocycles. The number of likely N-dealkylation sites (N-methyl/N-ethyl adjacent to an activating group) is 2. The van der Waals surface area contributed by atoms with Crippen molar-refractivity contribution in [2.24, 2.45) is 0 Å². The summed E-state index contributed by atoms with van der Waals surface area (Å²) >= 11 is 0. The van der Waals surface area contributed by atoms with E-state index in [1.807, 2.05) is 0 Å². The summed E-state index contributed by atoms with van der Waals surface area (Å²) < 4.78 is 0. The molecule has 0 aromatic carbocycles. The average Bonchev–Trinajstić information content (AvgIpc) is 2.73. The van der Waals surface area contributed by atoms with E-state index in [2.05, 4.69) is 48.2 Å². The second-order valence-electron chi connectivity index (χ2n) is 6.73. The smallest absolute Gasteiger partial charge is 0.0613 e. The van der Waals surface area contributed by atoms with Gasteiger partial charge in [-0.1, -0.05) is 24.3 Å². The Morgan fingerprint density at radius 3 is 1.72 bits per heavy atom. The Morgan fingerprint density at radius 1 is 0.833 bits per heavy atom. The molecule has 98 valence electrons. The molecule has 4 bridgehead atoms. The molecule has 2 nitrogen and oxygen atoms in total. The van der Waals surface area contributed by atoms with Crippen molar-refractivity contribution in [3.05, 3.63) is 24.3 Å². The first-order valence-electron chi connectivity index (χ1n) is 7.51. The quantitative estimate of drug-likeness (QED) is 0.654. The maximum atomic E-state index is 2.70. The lowest BCUT2D eigenvalue weighted by molar-refractivity contribution is 0.0179. The molecular weight excluding hydrogens is 220 g/mol. The summed E-state index contributed by atoms with van der Waals surface area (Å²) in [5, 5.41) is 0. The first-order chi connectivity index (χ1) is 8.70. The minimum absolute atomic E-state index is 0.274. The summed E-state index contributed by atoms with van der Waals surface area (Å²) in [4.78, 5) is 5.39. The molecule has 0 radical (unpaired) electrons. The van der Waals surface area contributed by atoms with Gasteiger partial charge < -0.3 is 0 Å². The highest BCUT2D eigenvalue weighted by Gasteiger charge is 2.61. The minimum Gasteiger partial charge on any atom is -0.292 e. The second kappa shape index (κ2) is 3.49. The molecule has 0 unspecified atom stereocenters. The Hall–Kier alpha value is -0.600. The van der Waals surface area contributed by atoms with Crippen molar-refractivity contribution >= 4 is 0 Å². The standard InChI is InChI=1S/C16H24N2/c1-17-13-5-3-9-15(17,11-7-13)16-10-4-6-14(8-12-16)18(16)2/h3-4,9-10,13-14H,5-8,11-12H2,1-2H3/t13-,14-,15+,16+/m1/s1. The lowest BCUT2D eigenvalue weighted by Gasteiger charge is -2.55. The Bertz CT molecular complexity index is 387. The molecule has 4 aliphatic rings. The van der Waals surface area contributed by atoms with Crippen LogP contribution in [0.4, 0.5) is 0 Å². The van der Waals surface area contributed by atoms with Crippen LogP contribution in [0.25, 0.3) is 0 Å². The highest BCUT2D eigenvalue weighted by atomic mass is 15.3. The normalized spacial score (nSPS) is 51.2. The minimum atomic E-state index is 0.274. The number of nitrogens with zero attached hydrogens (tertiary/aromatic N) is 2. The molecule has 0 aromatic rings. The van der Waals surface area contributed by atoms with Crippen molar-refractivity contribution in [2.75, 3.05) is 14.1 Å². The molecule has 18 heavy (non-hydrogen) atoms. The topological polar surface area (TPSA) is 6.48 Å². The van der Waals surface area contributed by atoms with E-state index in [1.54, 1.807) is 0 Å². The highest BCUT2D eigenvalue weighted by molar-refractivity contribution is 5.36. The summed E-state index contributed by atoms with van der Waals surface area (Å²) in [7, 11) is 4.72. The van der Waals surface area contributed by atoms with Crippen LogP contribution in [0.3, 0.4) is 0 Å². The van der Waals surface area contributed by atoms with Crippen LogP contribution < -0.4 is 0 Å². The largest absolute Gasteiger partial charge is 0.292 e. The molecule has 4 aliphatic heterocycles. The molecule has 2 fully saturated rings. The van der Waals surface area contributed by atoms with E-state index in [9.17, 15) is 0 Å². The molecule has 2 saturated heterocycles. The molecule has 4 atom stereocenters. The van der Waals surface area contributed by atoms with Gasteiger partial charge in [0.05, 0.1) is 11.1 Å². The van der Waals surface area contributed by atoms with E-state index < -0.39 is 0 Å². The maximum absolute atomic E-state index is 2.70. The van der Waals surface area contributed by atoms with Crippen LogP contribution in [-0.2, 0) is 0 Å². The molecular formula is C16H24N2. The van der Waals surface area contributed by atoms with Crippen molar-refractivity contribution in [2.45, 2.75) is 61.7 Å². The van der Waals surface area contributed by atoms with Gasteiger partial charge in [0.1, 0.15) is 0 Å². The number of fused-ring (bicyclic) bond motifs is 5. The Balaban J connectivity index is 1.86. The Kier molecular flexibility index (Phi) is 2.18. The van der Waals surface area contributed by atoms with Crippen molar-refractivity contribution < 1.29 is 0 Å². The van der Waals surface area contributed by atoms with Crippen LogP contribution in [0.5, 0.6) is 0 Å². The average molecular weight is 244 g/mol. The number of rotatable bonds is 1. The fourth-order valence-electron chi connectivity index (χ4n) is 5.29. The van der Waals surface area contributed by atoms with Crippen LogP contribution in [0.15, 0.2) is 24.3 Å². The van der Waals surface area contributed by atoms with Crippen LogP contribution in [0, 0.1) is 0 Å². The number of hydrogen-bond donors (Lipinski definition) is 0. The van der Waals surface area contributed by atoms with Gasteiger partial charge in [0.15, 0.2) is 0 Å². The molecule has 4 rings (SSSR count). The summed E-state index contributed by atoms with van der Waals surface area (Å²) in [6.07, 6.45) is 17.9. The number of hydrogen-bond acceptors (Lipinski definition) is 2. The summed E-state index contributed by atoms with van der Waals surface area (Å²) in [6, 6.07) is 1.57. The van der Waals surface area contributed by atoms with Crippen LogP contribution in [-0.4, -0.2) is 47.1 Å². The van der Waals surface area contributed by atoms with Crippen LogP contribution in [0.1, 0.15) is 38.5 Å². The van der Waals surface area contributed by atoms with Gasteiger partial charge in [0.25, 0.3) is 0 Å². The van der Waals surface area contributed by atoms with Gasteiger partial charge in [-0.15, -0.1) is 0 Å². The first kappa shape index (κ1) is 11.2. The molecule has 0 amide bonds. The second-order valence-corrected chi connectivity index (χ2v) is 6.73. The summed E-state index contributed by atoms with van der Waals surface area (Å²) in [5.74, 6) is 0. The SMILES string of the molecule is CN1[C@@H]2CC=C[C@@]1([C@]13C=CC[C@H](CC1)N3C)CC2. The fraction of sp³-hybridized carbons (Fsp3) is 0.750. The van der Waals surface area contributed by atoms with Crippen molar-refractivity contribution in [3.8, 4) is 0 Å². The van der Waals surface area contributed by atoms with Crippen LogP contribution in [0.2, 0.25) is 0 Å². The highest BCUT2D eigenvalue weighted by Crippen LogP contribution is 2.55. The van der Waals surface area contributed by atoms with Gasteiger partial charge in [-0.05, 0) is 52.6 Å². The van der Waals surface area contributed by atoms with Crippen LogP contribution >= 0.6 is 0 Å². The molecule has 4 heterocycles. The first-order valence-corrected chi connectivity index (χ1v) is 7.51. The summed E-state index contributed by atoms with van der Waals surface area (Å²) in [5.41, 5.74) is 0.548. The van der Waals surface area contributed by atoms with Gasteiger partial charge in [0, 0.05) is 12.1 Å². The zero-order chi connectivity index (χ0) is 12.4. The third-order valence-electron chi connectivity index (χ3n) is 6.42. The monoisotopic (exact) mass is 244 g/mol. The van der Waals surface area contributed by atoms with E-state index in [0.717, 1.165) is 12.1 Å². The lowest BCUT2D eigenvalue weighted by atomic mass is 9.71. The zero-order valence-electron chi connectivity index (χ0n) is 11.6. The van der Waals surface area contributed by atoms with Gasteiger partial charge in [-0.3, -0.25) is 9.80 Å². The molecule has 0 aromatic heterocycles. The van der Waals surface area contributed by atoms with Gasteiger partial charge >= 0.3 is 0 Å². The fourth-order valence-corrected chi connectivity index (χ4v) is 5.29. The zero-order valence-corrected chi connectivity index (χ0v) is 11.6. The van der Waals surface area contributed by atoms with E-state index in [1.165, 1.54) is 38.5 Å². The summed E-state index contributed by atoms with van der Waals surface area (Å²) in [6.45, 7) is 0. The van der Waals surface area contributed by atoms with Crippen molar-refractivity contribution in [3.63, 3.8) is 0 Å². The van der Waals surface area contributed by atoms with Gasteiger partial charge in [-0.2, -0.15) is 0 Å². The molecule has 0 N–H and O–H groups in total.